The highest BCUT2D eigenvalue weighted by Crippen LogP contribution is 2.18. The van der Waals surface area contributed by atoms with Crippen molar-refractivity contribution < 1.29 is 32.6 Å². The first-order chi connectivity index (χ1) is 12.7. The molecule has 0 bridgehead atoms. The van der Waals surface area contributed by atoms with Crippen LogP contribution in [0.4, 0.5) is 13.2 Å². The second-order valence-electron chi connectivity index (χ2n) is 5.41. The highest BCUT2D eigenvalue weighted by atomic mass is 19.4. The second-order valence-corrected chi connectivity index (χ2v) is 5.41. The highest BCUT2D eigenvalue weighted by molar-refractivity contribution is 5.93. The number of pyridine rings is 1. The van der Waals surface area contributed by atoms with E-state index in [1.54, 1.807) is 0 Å². The maximum absolute atomic E-state index is 12.1. The lowest BCUT2D eigenvalue weighted by atomic mass is 10.1. The summed E-state index contributed by atoms with van der Waals surface area (Å²) in [6.07, 6.45) is -1.87. The monoisotopic (exact) mass is 388 g/mol. The van der Waals surface area contributed by atoms with E-state index in [-0.39, 0.29) is 17.6 Å². The molecule has 1 aliphatic heterocycles. The van der Waals surface area contributed by atoms with Crippen molar-refractivity contribution in [3.8, 4) is 11.8 Å². The van der Waals surface area contributed by atoms with Gasteiger partial charge in [0.15, 0.2) is 0 Å². The van der Waals surface area contributed by atoms with Crippen molar-refractivity contribution in [1.82, 2.24) is 15.6 Å². The highest BCUT2D eigenvalue weighted by Gasteiger charge is 2.38. The summed E-state index contributed by atoms with van der Waals surface area (Å²) in [5.74, 6) is -2.57. The number of aromatic nitrogens is 1. The summed E-state index contributed by atoms with van der Waals surface area (Å²) in [5, 5.41) is 22.3. The molecule has 2 heterocycles. The summed E-state index contributed by atoms with van der Waals surface area (Å²) < 4.78 is 37.1. The summed E-state index contributed by atoms with van der Waals surface area (Å²) in [5.41, 5.74) is 0.622. The Morgan fingerprint density at radius 1 is 1.44 bits per heavy atom. The Morgan fingerprint density at radius 3 is 2.52 bits per heavy atom. The minimum atomic E-state index is -5.08. The van der Waals surface area contributed by atoms with Gasteiger partial charge in [-0.1, -0.05) is 0 Å². The number of carbonyl (C=O) groups excluding carboxylic acids is 1. The second kappa shape index (κ2) is 10.3. The van der Waals surface area contributed by atoms with Gasteiger partial charge in [0.1, 0.15) is 23.1 Å². The number of nitrogens with one attached hydrogen (secondary N) is 2. The predicted molar refractivity (Wildman–Crippen MR) is 87.2 cm³/mol. The smallest absolute Gasteiger partial charge is 0.490 e. The normalized spacial score (nSPS) is 14.3. The quantitative estimate of drug-likeness (QED) is 0.713. The first-order valence-corrected chi connectivity index (χ1v) is 8.03. The van der Waals surface area contributed by atoms with E-state index in [0.717, 1.165) is 25.9 Å². The summed E-state index contributed by atoms with van der Waals surface area (Å²) in [4.78, 5) is 25.1. The molecule has 1 fully saturated rings. The number of nitriles is 1. The molecule has 11 heteroatoms. The molecule has 0 aliphatic carbocycles. The molecule has 1 aromatic heterocycles. The van der Waals surface area contributed by atoms with E-state index in [9.17, 15) is 18.0 Å². The number of hydrogen-bond acceptors (Lipinski definition) is 6. The first kappa shape index (κ1) is 22.2. The topological polar surface area (TPSA) is 124 Å². The Balaban J connectivity index is 0.000000445. The number of halogens is 3. The van der Waals surface area contributed by atoms with Crippen LogP contribution in [0, 0.1) is 11.3 Å². The van der Waals surface area contributed by atoms with Crippen molar-refractivity contribution in [3.63, 3.8) is 0 Å². The molecule has 8 nitrogen and oxygen atoms in total. The third-order valence-electron chi connectivity index (χ3n) is 3.44. The summed E-state index contributed by atoms with van der Waals surface area (Å²) in [6.45, 7) is 4.09. The number of amides is 1. The van der Waals surface area contributed by atoms with E-state index in [2.05, 4.69) is 15.6 Å². The summed E-state index contributed by atoms with van der Waals surface area (Å²) >= 11 is 0. The van der Waals surface area contributed by atoms with Crippen molar-refractivity contribution >= 4 is 11.9 Å². The van der Waals surface area contributed by atoms with Gasteiger partial charge in [0.25, 0.3) is 5.91 Å². The standard InChI is InChI=1S/C14H18N4O2.C2HF3O2/c1-2-20-13-7-12(17-9-10(13)8-15)14(19)18-11-3-5-16-6-4-11;3-2(4,5)1(6)7/h7,9,11,16H,2-6H2,1H3,(H,18,19);(H,6,7). The van der Waals surface area contributed by atoms with Crippen molar-refractivity contribution in [2.45, 2.75) is 32.0 Å². The van der Waals surface area contributed by atoms with Crippen LogP contribution in [-0.2, 0) is 4.79 Å². The van der Waals surface area contributed by atoms with E-state index in [0.29, 0.717) is 17.9 Å². The molecule has 0 atom stereocenters. The molecule has 1 saturated heterocycles. The zero-order valence-electron chi connectivity index (χ0n) is 14.5. The molecule has 2 rings (SSSR count). The van der Waals surface area contributed by atoms with Gasteiger partial charge in [-0.2, -0.15) is 18.4 Å². The lowest BCUT2D eigenvalue weighted by Gasteiger charge is -2.23. The van der Waals surface area contributed by atoms with Crippen LogP contribution in [0.3, 0.4) is 0 Å². The van der Waals surface area contributed by atoms with E-state index < -0.39 is 12.1 Å². The maximum atomic E-state index is 12.1. The largest absolute Gasteiger partial charge is 0.492 e. The fourth-order valence-electron chi connectivity index (χ4n) is 2.15. The Bertz CT molecular complexity index is 698. The maximum Gasteiger partial charge on any atom is 0.490 e. The van der Waals surface area contributed by atoms with Crippen LogP contribution < -0.4 is 15.4 Å². The summed E-state index contributed by atoms with van der Waals surface area (Å²) in [7, 11) is 0. The van der Waals surface area contributed by atoms with Crippen LogP contribution in [0.1, 0.15) is 35.8 Å². The van der Waals surface area contributed by atoms with Crippen molar-refractivity contribution in [1.29, 1.82) is 5.26 Å². The van der Waals surface area contributed by atoms with Gasteiger partial charge >= 0.3 is 12.1 Å². The molecule has 0 radical (unpaired) electrons. The van der Waals surface area contributed by atoms with Crippen LogP contribution in [0.25, 0.3) is 0 Å². The van der Waals surface area contributed by atoms with E-state index in [1.807, 2.05) is 13.0 Å². The Kier molecular flexibility index (Phi) is 8.47. The third kappa shape index (κ3) is 7.49. The molecular formula is C16H19F3N4O4. The lowest BCUT2D eigenvalue weighted by Crippen LogP contribution is -2.42. The number of aliphatic carboxylic acids is 1. The fraction of sp³-hybridized carbons (Fsp3) is 0.500. The minimum absolute atomic E-state index is 0.178. The zero-order chi connectivity index (χ0) is 20.4. The number of nitrogens with zero attached hydrogens (tertiary/aromatic N) is 2. The predicted octanol–water partition coefficient (Wildman–Crippen LogP) is 1.47. The molecule has 0 spiro atoms. The molecule has 0 aromatic carbocycles. The number of ether oxygens (including phenoxy) is 1. The Morgan fingerprint density at radius 2 is 2.04 bits per heavy atom. The van der Waals surface area contributed by atoms with Crippen LogP contribution in [-0.4, -0.2) is 53.9 Å². The van der Waals surface area contributed by atoms with Gasteiger partial charge in [-0.15, -0.1) is 0 Å². The van der Waals surface area contributed by atoms with Crippen LogP contribution in [0.15, 0.2) is 12.3 Å². The van der Waals surface area contributed by atoms with Gasteiger partial charge in [-0.25, -0.2) is 9.78 Å². The molecule has 1 aliphatic rings. The molecule has 0 saturated carbocycles. The van der Waals surface area contributed by atoms with E-state index >= 15 is 0 Å². The molecule has 0 unspecified atom stereocenters. The average Bonchev–Trinajstić information content (AvgIpc) is 2.62. The number of carbonyl (C=O) groups is 2. The number of carboxylic acids is 1. The van der Waals surface area contributed by atoms with Crippen molar-refractivity contribution in [2.75, 3.05) is 19.7 Å². The van der Waals surface area contributed by atoms with Gasteiger partial charge in [0.05, 0.1) is 6.61 Å². The van der Waals surface area contributed by atoms with Crippen molar-refractivity contribution in [2.24, 2.45) is 0 Å². The minimum Gasteiger partial charge on any atom is -0.492 e. The molecular weight excluding hydrogens is 369 g/mol. The lowest BCUT2D eigenvalue weighted by molar-refractivity contribution is -0.192. The summed E-state index contributed by atoms with van der Waals surface area (Å²) in [6, 6.07) is 3.70. The van der Waals surface area contributed by atoms with Gasteiger partial charge in [0, 0.05) is 18.3 Å². The SMILES string of the molecule is CCOc1cc(C(=O)NC2CCNCC2)ncc1C#N.O=C(O)C(F)(F)F. The van der Waals surface area contributed by atoms with E-state index in [4.69, 9.17) is 19.9 Å². The van der Waals surface area contributed by atoms with Gasteiger partial charge in [-0.05, 0) is 32.9 Å². The number of rotatable bonds is 4. The zero-order valence-corrected chi connectivity index (χ0v) is 14.5. The van der Waals surface area contributed by atoms with Gasteiger partial charge in [0.2, 0.25) is 0 Å². The molecule has 27 heavy (non-hydrogen) atoms. The first-order valence-electron chi connectivity index (χ1n) is 8.03. The molecule has 148 valence electrons. The number of piperidine rings is 1. The van der Waals surface area contributed by atoms with Crippen LogP contribution in [0.2, 0.25) is 0 Å². The molecule has 3 N–H and O–H groups in total. The van der Waals surface area contributed by atoms with E-state index in [1.165, 1.54) is 12.3 Å². The Hall–Kier alpha value is -2.87. The van der Waals surface area contributed by atoms with Gasteiger partial charge in [-0.3, -0.25) is 4.79 Å². The molecule has 1 amide bonds. The third-order valence-corrected chi connectivity index (χ3v) is 3.44. The Labute approximate surface area is 153 Å². The van der Waals surface area contributed by atoms with Crippen LogP contribution in [0.5, 0.6) is 5.75 Å². The van der Waals surface area contributed by atoms with Gasteiger partial charge < -0.3 is 20.5 Å². The average molecular weight is 388 g/mol. The number of hydrogen-bond donors (Lipinski definition) is 3. The number of alkyl halides is 3. The van der Waals surface area contributed by atoms with Crippen molar-refractivity contribution in [3.05, 3.63) is 23.5 Å². The van der Waals surface area contributed by atoms with Crippen LogP contribution >= 0.6 is 0 Å². The fourth-order valence-corrected chi connectivity index (χ4v) is 2.15. The molecule has 1 aromatic rings. The number of carboxylic acid groups (broad SMARTS) is 1.